The molecule has 1 N–H and O–H groups in total. The van der Waals surface area contributed by atoms with E-state index in [9.17, 15) is 4.79 Å². The van der Waals surface area contributed by atoms with Gasteiger partial charge in [-0.25, -0.2) is 4.79 Å². The summed E-state index contributed by atoms with van der Waals surface area (Å²) in [6.45, 7) is 4.28. The Hall–Kier alpha value is -1.62. The molecule has 1 atom stereocenters. The average Bonchev–Trinajstić information content (AvgIpc) is 2.30. The molecule has 1 aromatic rings. The predicted octanol–water partition coefficient (Wildman–Crippen LogP) is 1.65. The van der Waals surface area contributed by atoms with E-state index in [2.05, 4.69) is 4.98 Å². The van der Waals surface area contributed by atoms with Crippen LogP contribution in [0.15, 0.2) is 18.3 Å². The number of carboxylic acids is 1. The van der Waals surface area contributed by atoms with Crippen molar-refractivity contribution >= 4 is 5.97 Å². The van der Waals surface area contributed by atoms with Gasteiger partial charge in [0.05, 0.1) is 12.3 Å². The van der Waals surface area contributed by atoms with E-state index in [1.54, 1.807) is 25.3 Å². The maximum absolute atomic E-state index is 10.8. The van der Waals surface area contributed by atoms with E-state index in [-0.39, 0.29) is 0 Å². The number of rotatable bonds is 7. The third-order valence-corrected chi connectivity index (χ3v) is 2.24. The number of hydrogen-bond donors (Lipinski definition) is 1. The standard InChI is InChI=1S/C12H17NO4/c1-3-16-11(12(14)15)6-8-17-10-5-4-7-13-9(10)2/h4-5,7,11H,3,6,8H2,1-2H3,(H,14,15). The molecule has 0 saturated carbocycles. The number of pyridine rings is 1. The smallest absolute Gasteiger partial charge is 0.332 e. The molecule has 0 aliphatic heterocycles. The average molecular weight is 239 g/mol. The van der Waals surface area contributed by atoms with Gasteiger partial charge >= 0.3 is 5.97 Å². The first-order valence-electron chi connectivity index (χ1n) is 5.54. The van der Waals surface area contributed by atoms with Crippen LogP contribution in [0.5, 0.6) is 5.75 Å². The maximum atomic E-state index is 10.8. The highest BCUT2D eigenvalue weighted by Crippen LogP contribution is 2.14. The summed E-state index contributed by atoms with van der Waals surface area (Å²) in [7, 11) is 0. The van der Waals surface area contributed by atoms with Crippen molar-refractivity contribution in [2.75, 3.05) is 13.2 Å². The number of nitrogens with zero attached hydrogens (tertiary/aromatic N) is 1. The fourth-order valence-electron chi connectivity index (χ4n) is 1.38. The maximum Gasteiger partial charge on any atom is 0.332 e. The van der Waals surface area contributed by atoms with Gasteiger partial charge in [0.1, 0.15) is 5.75 Å². The number of aryl methyl sites for hydroxylation is 1. The van der Waals surface area contributed by atoms with Gasteiger partial charge in [-0.3, -0.25) is 4.98 Å². The Morgan fingerprint density at radius 3 is 2.94 bits per heavy atom. The molecule has 1 unspecified atom stereocenters. The fraction of sp³-hybridized carbons (Fsp3) is 0.500. The van der Waals surface area contributed by atoms with Crippen molar-refractivity contribution in [2.24, 2.45) is 0 Å². The summed E-state index contributed by atoms with van der Waals surface area (Å²) in [6.07, 6.45) is 1.19. The lowest BCUT2D eigenvalue weighted by molar-refractivity contribution is -0.150. The molecule has 1 aromatic heterocycles. The summed E-state index contributed by atoms with van der Waals surface area (Å²) in [5, 5.41) is 8.86. The second-order valence-electron chi connectivity index (χ2n) is 3.51. The third-order valence-electron chi connectivity index (χ3n) is 2.24. The van der Waals surface area contributed by atoms with Crippen LogP contribution in [-0.4, -0.2) is 35.4 Å². The van der Waals surface area contributed by atoms with Gasteiger partial charge < -0.3 is 14.6 Å². The van der Waals surface area contributed by atoms with E-state index >= 15 is 0 Å². The number of hydrogen-bond acceptors (Lipinski definition) is 4. The highest BCUT2D eigenvalue weighted by molar-refractivity contribution is 5.72. The van der Waals surface area contributed by atoms with Gasteiger partial charge in [0.25, 0.3) is 0 Å². The van der Waals surface area contributed by atoms with E-state index < -0.39 is 12.1 Å². The Morgan fingerprint density at radius 2 is 2.35 bits per heavy atom. The molecule has 5 heteroatoms. The number of aromatic nitrogens is 1. The van der Waals surface area contributed by atoms with Crippen LogP contribution in [0.4, 0.5) is 0 Å². The highest BCUT2D eigenvalue weighted by atomic mass is 16.5. The van der Waals surface area contributed by atoms with Crippen molar-refractivity contribution < 1.29 is 19.4 Å². The van der Waals surface area contributed by atoms with E-state index in [1.165, 1.54) is 0 Å². The number of carboxylic acid groups (broad SMARTS) is 1. The normalized spacial score (nSPS) is 12.1. The molecule has 0 bridgehead atoms. The second-order valence-corrected chi connectivity index (χ2v) is 3.51. The molecule has 0 saturated heterocycles. The monoisotopic (exact) mass is 239 g/mol. The summed E-state index contributed by atoms with van der Waals surface area (Å²) >= 11 is 0. The van der Waals surface area contributed by atoms with Crippen LogP contribution < -0.4 is 4.74 Å². The lowest BCUT2D eigenvalue weighted by atomic mass is 10.2. The minimum atomic E-state index is -0.960. The molecule has 0 fully saturated rings. The van der Waals surface area contributed by atoms with Gasteiger partial charge in [0, 0.05) is 19.2 Å². The third kappa shape index (κ3) is 4.40. The summed E-state index contributed by atoms with van der Waals surface area (Å²) in [5.74, 6) is -0.286. The predicted molar refractivity (Wildman–Crippen MR) is 62.1 cm³/mol. The zero-order chi connectivity index (χ0) is 12.7. The Kier molecular flexibility index (Phi) is 5.42. The molecular weight excluding hydrogens is 222 g/mol. The molecule has 17 heavy (non-hydrogen) atoms. The lowest BCUT2D eigenvalue weighted by Gasteiger charge is -2.13. The molecule has 0 aliphatic rings. The Morgan fingerprint density at radius 1 is 1.59 bits per heavy atom. The Balaban J connectivity index is 2.41. The first kappa shape index (κ1) is 13.4. The summed E-state index contributed by atoms with van der Waals surface area (Å²) in [6, 6.07) is 3.58. The van der Waals surface area contributed by atoms with E-state index in [1.807, 2.05) is 6.92 Å². The van der Waals surface area contributed by atoms with E-state index in [4.69, 9.17) is 14.6 Å². The van der Waals surface area contributed by atoms with Gasteiger partial charge in [-0.1, -0.05) is 0 Å². The second kappa shape index (κ2) is 6.85. The zero-order valence-corrected chi connectivity index (χ0v) is 10.0. The van der Waals surface area contributed by atoms with Crippen LogP contribution in [0.1, 0.15) is 19.0 Å². The molecule has 1 heterocycles. The molecule has 0 aromatic carbocycles. The van der Waals surface area contributed by atoms with Crippen LogP contribution in [0.2, 0.25) is 0 Å². The molecule has 1 rings (SSSR count). The summed E-state index contributed by atoms with van der Waals surface area (Å²) in [4.78, 5) is 14.9. The quantitative estimate of drug-likeness (QED) is 0.783. The van der Waals surface area contributed by atoms with Gasteiger partial charge in [-0.2, -0.15) is 0 Å². The summed E-state index contributed by atoms with van der Waals surface area (Å²) < 4.78 is 10.5. The Labute approximate surface area is 100 Å². The summed E-state index contributed by atoms with van der Waals surface area (Å²) in [5.41, 5.74) is 0.788. The highest BCUT2D eigenvalue weighted by Gasteiger charge is 2.17. The van der Waals surface area contributed by atoms with Gasteiger partial charge in [-0.15, -0.1) is 0 Å². The van der Waals surface area contributed by atoms with Crippen molar-refractivity contribution in [1.82, 2.24) is 4.98 Å². The molecule has 5 nitrogen and oxygen atoms in total. The van der Waals surface area contributed by atoms with Gasteiger partial charge in [-0.05, 0) is 26.0 Å². The molecule has 0 spiro atoms. The largest absolute Gasteiger partial charge is 0.492 e. The van der Waals surface area contributed by atoms with Crippen molar-refractivity contribution in [3.63, 3.8) is 0 Å². The van der Waals surface area contributed by atoms with Crippen LogP contribution >= 0.6 is 0 Å². The van der Waals surface area contributed by atoms with Crippen molar-refractivity contribution in [1.29, 1.82) is 0 Å². The lowest BCUT2D eigenvalue weighted by Crippen LogP contribution is -2.26. The van der Waals surface area contributed by atoms with Crippen LogP contribution in [-0.2, 0) is 9.53 Å². The minimum absolute atomic E-state index is 0.295. The van der Waals surface area contributed by atoms with E-state index in [0.717, 1.165) is 5.69 Å². The minimum Gasteiger partial charge on any atom is -0.492 e. The number of aliphatic carboxylic acids is 1. The molecule has 0 aliphatic carbocycles. The van der Waals surface area contributed by atoms with E-state index in [0.29, 0.717) is 25.4 Å². The number of carbonyl (C=O) groups is 1. The van der Waals surface area contributed by atoms with Crippen molar-refractivity contribution in [2.45, 2.75) is 26.4 Å². The topological polar surface area (TPSA) is 68.7 Å². The van der Waals surface area contributed by atoms with Crippen molar-refractivity contribution in [3.8, 4) is 5.75 Å². The molecule has 0 radical (unpaired) electrons. The van der Waals surface area contributed by atoms with Gasteiger partial charge in [0.2, 0.25) is 0 Å². The van der Waals surface area contributed by atoms with Crippen molar-refractivity contribution in [3.05, 3.63) is 24.0 Å². The number of ether oxygens (including phenoxy) is 2. The molecule has 0 amide bonds. The van der Waals surface area contributed by atoms with Crippen LogP contribution in [0, 0.1) is 6.92 Å². The Bertz CT molecular complexity index is 367. The SMILES string of the molecule is CCOC(CCOc1cccnc1C)C(=O)O. The zero-order valence-electron chi connectivity index (χ0n) is 10.0. The van der Waals surface area contributed by atoms with Gasteiger partial charge in [0.15, 0.2) is 6.10 Å². The fourth-order valence-corrected chi connectivity index (χ4v) is 1.38. The van der Waals surface area contributed by atoms with Crippen LogP contribution in [0.25, 0.3) is 0 Å². The van der Waals surface area contributed by atoms with Crippen LogP contribution in [0.3, 0.4) is 0 Å². The first-order chi connectivity index (χ1) is 8.15. The molecule has 94 valence electrons. The first-order valence-corrected chi connectivity index (χ1v) is 5.54. The molecular formula is C12H17NO4.